The van der Waals surface area contributed by atoms with E-state index in [0.717, 1.165) is 18.8 Å². The van der Waals surface area contributed by atoms with E-state index in [9.17, 15) is 4.79 Å². The number of amides is 1. The zero-order chi connectivity index (χ0) is 17.9. The molecule has 2 rings (SSSR count). The molecule has 1 aliphatic rings. The maximum atomic E-state index is 11.9. The lowest BCUT2D eigenvalue weighted by Gasteiger charge is -2.35. The van der Waals surface area contributed by atoms with Crippen LogP contribution >= 0.6 is 0 Å². The van der Waals surface area contributed by atoms with Crippen LogP contribution in [0, 0.1) is 0 Å². The van der Waals surface area contributed by atoms with Gasteiger partial charge >= 0.3 is 0 Å². The molecule has 1 aromatic heterocycles. The number of hydrogen-bond acceptors (Lipinski definition) is 4. The van der Waals surface area contributed by atoms with Crippen molar-refractivity contribution < 1.29 is 9.21 Å². The molecule has 1 aliphatic heterocycles. The smallest absolute Gasteiger partial charge is 0.239 e. The molecule has 25 heavy (non-hydrogen) atoms. The van der Waals surface area contributed by atoms with Crippen LogP contribution in [0.4, 0.5) is 0 Å². The second kappa shape index (κ2) is 10.8. The van der Waals surface area contributed by atoms with Crippen LogP contribution in [0.3, 0.4) is 0 Å². The SMILES string of the molecule is CCC1CCCCN1CCNC(=NC)NCC(=O)NCc1ccco1. The molecule has 0 aromatic carbocycles. The number of furan rings is 1. The second-order valence-corrected chi connectivity index (χ2v) is 6.30. The number of guanidine groups is 1. The predicted molar refractivity (Wildman–Crippen MR) is 99.4 cm³/mol. The Kier molecular flexibility index (Phi) is 8.31. The molecule has 0 aliphatic carbocycles. The molecule has 0 bridgehead atoms. The van der Waals surface area contributed by atoms with Gasteiger partial charge in [-0.25, -0.2) is 0 Å². The molecule has 1 fully saturated rings. The summed E-state index contributed by atoms with van der Waals surface area (Å²) in [6.07, 6.45) is 6.75. The molecule has 1 saturated heterocycles. The van der Waals surface area contributed by atoms with Crippen LogP contribution in [0.1, 0.15) is 38.4 Å². The molecule has 3 N–H and O–H groups in total. The minimum absolute atomic E-state index is 0.0959. The predicted octanol–water partition coefficient (Wildman–Crippen LogP) is 1.33. The molecule has 0 spiro atoms. The van der Waals surface area contributed by atoms with Gasteiger partial charge in [-0.1, -0.05) is 13.3 Å². The summed E-state index contributed by atoms with van der Waals surface area (Å²) in [5, 5.41) is 9.12. The minimum atomic E-state index is -0.0959. The summed E-state index contributed by atoms with van der Waals surface area (Å²) < 4.78 is 5.18. The van der Waals surface area contributed by atoms with E-state index in [1.165, 1.54) is 32.2 Å². The van der Waals surface area contributed by atoms with Crippen LogP contribution < -0.4 is 16.0 Å². The fourth-order valence-corrected chi connectivity index (χ4v) is 3.18. The summed E-state index contributed by atoms with van der Waals surface area (Å²) in [6.45, 7) is 5.85. The highest BCUT2D eigenvalue weighted by Crippen LogP contribution is 2.18. The zero-order valence-electron chi connectivity index (χ0n) is 15.4. The first-order chi connectivity index (χ1) is 12.2. The Hall–Kier alpha value is -2.02. The average molecular weight is 349 g/mol. The molecule has 1 unspecified atom stereocenters. The number of piperidine rings is 1. The fourth-order valence-electron chi connectivity index (χ4n) is 3.18. The van der Waals surface area contributed by atoms with Crippen LogP contribution in [-0.4, -0.2) is 56.0 Å². The molecule has 0 radical (unpaired) electrons. The first kappa shape index (κ1) is 19.3. The van der Waals surface area contributed by atoms with E-state index < -0.39 is 0 Å². The van der Waals surface area contributed by atoms with Gasteiger partial charge in [-0.05, 0) is 37.9 Å². The highest BCUT2D eigenvalue weighted by atomic mass is 16.3. The van der Waals surface area contributed by atoms with Crippen LogP contribution in [0.25, 0.3) is 0 Å². The van der Waals surface area contributed by atoms with Gasteiger partial charge in [0, 0.05) is 26.2 Å². The van der Waals surface area contributed by atoms with Crippen molar-refractivity contribution >= 4 is 11.9 Å². The molecule has 0 saturated carbocycles. The Balaban J connectivity index is 1.62. The van der Waals surface area contributed by atoms with Crippen molar-refractivity contribution in [1.29, 1.82) is 0 Å². The number of carbonyl (C=O) groups is 1. The van der Waals surface area contributed by atoms with Crippen molar-refractivity contribution in [3.63, 3.8) is 0 Å². The number of nitrogens with zero attached hydrogens (tertiary/aromatic N) is 2. The topological polar surface area (TPSA) is 81.9 Å². The van der Waals surface area contributed by atoms with Gasteiger partial charge in [0.25, 0.3) is 0 Å². The quantitative estimate of drug-likeness (QED) is 0.487. The number of likely N-dealkylation sites (tertiary alicyclic amines) is 1. The fraction of sp³-hybridized carbons (Fsp3) is 0.667. The highest BCUT2D eigenvalue weighted by Gasteiger charge is 2.19. The summed E-state index contributed by atoms with van der Waals surface area (Å²) in [5.74, 6) is 1.29. The van der Waals surface area contributed by atoms with Crippen molar-refractivity contribution in [2.24, 2.45) is 4.99 Å². The van der Waals surface area contributed by atoms with Crippen molar-refractivity contribution in [1.82, 2.24) is 20.9 Å². The van der Waals surface area contributed by atoms with Crippen molar-refractivity contribution in [2.45, 2.75) is 45.2 Å². The van der Waals surface area contributed by atoms with E-state index in [1.54, 1.807) is 19.4 Å². The summed E-state index contributed by atoms with van der Waals surface area (Å²) in [7, 11) is 1.71. The molecular formula is C18H31N5O2. The monoisotopic (exact) mass is 349 g/mol. The average Bonchev–Trinajstić information content (AvgIpc) is 3.16. The van der Waals surface area contributed by atoms with Crippen LogP contribution in [0.5, 0.6) is 0 Å². The maximum Gasteiger partial charge on any atom is 0.239 e. The Morgan fingerprint density at radius 3 is 2.96 bits per heavy atom. The van der Waals surface area contributed by atoms with Crippen molar-refractivity contribution in [2.75, 3.05) is 33.2 Å². The first-order valence-electron chi connectivity index (χ1n) is 9.20. The molecule has 1 atom stereocenters. The summed E-state index contributed by atoms with van der Waals surface area (Å²) >= 11 is 0. The van der Waals surface area contributed by atoms with E-state index in [-0.39, 0.29) is 12.5 Å². The molecule has 140 valence electrons. The summed E-state index contributed by atoms with van der Waals surface area (Å²) in [5.41, 5.74) is 0. The zero-order valence-corrected chi connectivity index (χ0v) is 15.4. The second-order valence-electron chi connectivity index (χ2n) is 6.30. The lowest BCUT2D eigenvalue weighted by molar-refractivity contribution is -0.120. The standard InChI is InChI=1S/C18H31N5O2/c1-3-15-7-4-5-10-23(15)11-9-20-18(19-2)22-14-17(24)21-13-16-8-6-12-25-16/h6,8,12,15H,3-5,7,9-11,13-14H2,1-2H3,(H,21,24)(H2,19,20,22). The number of nitrogens with one attached hydrogen (secondary N) is 3. The van der Waals surface area contributed by atoms with Gasteiger partial charge in [0.15, 0.2) is 5.96 Å². The van der Waals surface area contributed by atoms with Gasteiger partial charge in [-0.3, -0.25) is 14.7 Å². The Morgan fingerprint density at radius 2 is 2.24 bits per heavy atom. The van der Waals surface area contributed by atoms with Gasteiger partial charge in [0.1, 0.15) is 5.76 Å². The van der Waals surface area contributed by atoms with E-state index in [0.29, 0.717) is 18.5 Å². The molecule has 1 amide bonds. The molecule has 7 nitrogen and oxygen atoms in total. The van der Waals surface area contributed by atoms with Crippen molar-refractivity contribution in [3.8, 4) is 0 Å². The van der Waals surface area contributed by atoms with E-state index >= 15 is 0 Å². The van der Waals surface area contributed by atoms with Gasteiger partial charge in [-0.15, -0.1) is 0 Å². The first-order valence-corrected chi connectivity index (χ1v) is 9.20. The third-order valence-electron chi connectivity index (χ3n) is 4.59. The molecule has 2 heterocycles. The van der Waals surface area contributed by atoms with Crippen molar-refractivity contribution in [3.05, 3.63) is 24.2 Å². The summed E-state index contributed by atoms with van der Waals surface area (Å²) in [4.78, 5) is 18.6. The number of aliphatic imine (C=N–C) groups is 1. The Labute approximate surface area is 150 Å². The van der Waals surface area contributed by atoms with Gasteiger partial charge in [-0.2, -0.15) is 0 Å². The molecule has 7 heteroatoms. The summed E-state index contributed by atoms with van der Waals surface area (Å²) in [6, 6.07) is 4.34. The number of hydrogen-bond donors (Lipinski definition) is 3. The van der Waals surface area contributed by atoms with Crippen LogP contribution in [0.15, 0.2) is 27.8 Å². The van der Waals surface area contributed by atoms with Crippen LogP contribution in [-0.2, 0) is 11.3 Å². The minimum Gasteiger partial charge on any atom is -0.467 e. The third-order valence-corrected chi connectivity index (χ3v) is 4.59. The molecular weight excluding hydrogens is 318 g/mol. The highest BCUT2D eigenvalue weighted by molar-refractivity contribution is 5.86. The van der Waals surface area contributed by atoms with Crippen LogP contribution in [0.2, 0.25) is 0 Å². The lowest BCUT2D eigenvalue weighted by Crippen LogP contribution is -2.47. The molecule has 1 aromatic rings. The Bertz CT molecular complexity index is 530. The number of rotatable bonds is 8. The maximum absolute atomic E-state index is 11.9. The van der Waals surface area contributed by atoms with Gasteiger partial charge in [0.2, 0.25) is 5.91 Å². The van der Waals surface area contributed by atoms with Gasteiger partial charge in [0.05, 0.1) is 19.4 Å². The largest absolute Gasteiger partial charge is 0.467 e. The Morgan fingerprint density at radius 1 is 1.36 bits per heavy atom. The van der Waals surface area contributed by atoms with E-state index in [1.807, 2.05) is 6.07 Å². The normalized spacial score (nSPS) is 18.8. The van der Waals surface area contributed by atoms with E-state index in [4.69, 9.17) is 4.42 Å². The van der Waals surface area contributed by atoms with E-state index in [2.05, 4.69) is 32.8 Å². The lowest BCUT2D eigenvalue weighted by atomic mass is 10.0. The van der Waals surface area contributed by atoms with Gasteiger partial charge < -0.3 is 20.4 Å². The number of carbonyl (C=O) groups excluding carboxylic acids is 1. The third kappa shape index (κ3) is 6.78.